The Labute approximate surface area is 113 Å². The summed E-state index contributed by atoms with van der Waals surface area (Å²) in [5.74, 6) is 1.17. The molecule has 3 rings (SSSR count). The molecule has 0 atom stereocenters. The largest absolute Gasteiger partial charge is 0.378 e. The van der Waals surface area contributed by atoms with Gasteiger partial charge in [0.15, 0.2) is 0 Å². The number of aryl methyl sites for hydroxylation is 2. The van der Waals surface area contributed by atoms with Crippen LogP contribution in [-0.2, 0) is 11.8 Å². The molecule has 1 saturated heterocycles. The maximum atomic E-state index is 5.40. The zero-order valence-corrected chi connectivity index (χ0v) is 11.5. The molecule has 1 aliphatic rings. The first-order chi connectivity index (χ1) is 9.24. The van der Waals surface area contributed by atoms with Gasteiger partial charge in [0.1, 0.15) is 5.82 Å². The van der Waals surface area contributed by atoms with E-state index in [1.54, 1.807) is 0 Å². The summed E-state index contributed by atoms with van der Waals surface area (Å²) in [5, 5.41) is 4.63. The highest BCUT2D eigenvalue weighted by molar-refractivity contribution is 5.64. The van der Waals surface area contributed by atoms with Gasteiger partial charge in [0, 0.05) is 31.8 Å². The smallest absolute Gasteiger partial charge is 0.127 e. The Morgan fingerprint density at radius 3 is 2.68 bits per heavy atom. The molecule has 0 radical (unpaired) electrons. The third-order valence-electron chi connectivity index (χ3n) is 3.50. The predicted octanol–water partition coefficient (Wildman–Crippen LogP) is 2.23. The number of anilines is 1. The van der Waals surface area contributed by atoms with Crippen molar-refractivity contribution in [1.82, 2.24) is 9.78 Å². The average Bonchev–Trinajstić information content (AvgIpc) is 2.82. The van der Waals surface area contributed by atoms with Gasteiger partial charge in [-0.15, -0.1) is 0 Å². The highest BCUT2D eigenvalue weighted by atomic mass is 16.5. The lowest BCUT2D eigenvalue weighted by Gasteiger charge is -2.28. The molecule has 1 aromatic carbocycles. The van der Waals surface area contributed by atoms with Crippen molar-refractivity contribution in [2.75, 3.05) is 31.2 Å². The van der Waals surface area contributed by atoms with Gasteiger partial charge >= 0.3 is 0 Å². The highest BCUT2D eigenvalue weighted by Crippen LogP contribution is 2.24. The third kappa shape index (κ3) is 2.49. The van der Waals surface area contributed by atoms with Gasteiger partial charge in [-0.3, -0.25) is 4.68 Å². The molecule has 0 unspecified atom stereocenters. The van der Waals surface area contributed by atoms with Crippen LogP contribution in [0.5, 0.6) is 0 Å². The van der Waals surface area contributed by atoms with Crippen molar-refractivity contribution in [1.29, 1.82) is 0 Å². The second-order valence-electron chi connectivity index (χ2n) is 4.98. The highest BCUT2D eigenvalue weighted by Gasteiger charge is 2.16. The van der Waals surface area contributed by atoms with Crippen LogP contribution in [-0.4, -0.2) is 36.1 Å². The van der Waals surface area contributed by atoms with Crippen LogP contribution in [0.4, 0.5) is 5.82 Å². The van der Waals surface area contributed by atoms with Crippen LogP contribution in [0, 0.1) is 6.92 Å². The molecular formula is C15H19N3O. The molecule has 0 saturated carbocycles. The molecule has 1 aromatic heterocycles. The molecular weight excluding hydrogens is 238 g/mol. The number of aromatic nitrogens is 2. The Bertz CT molecular complexity index is 571. The second-order valence-corrected chi connectivity index (χ2v) is 4.98. The van der Waals surface area contributed by atoms with Crippen LogP contribution < -0.4 is 4.90 Å². The van der Waals surface area contributed by atoms with Crippen molar-refractivity contribution in [3.8, 4) is 11.3 Å². The minimum absolute atomic E-state index is 0.797. The summed E-state index contributed by atoms with van der Waals surface area (Å²) in [5.41, 5.74) is 3.47. The zero-order valence-electron chi connectivity index (χ0n) is 11.5. The molecule has 2 aromatic rings. The first kappa shape index (κ1) is 12.2. The fourth-order valence-corrected chi connectivity index (χ4v) is 2.49. The third-order valence-corrected chi connectivity index (χ3v) is 3.50. The molecule has 0 bridgehead atoms. The van der Waals surface area contributed by atoms with Crippen LogP contribution in [0.25, 0.3) is 11.3 Å². The monoisotopic (exact) mass is 257 g/mol. The summed E-state index contributed by atoms with van der Waals surface area (Å²) in [6, 6.07) is 10.6. The summed E-state index contributed by atoms with van der Waals surface area (Å²) in [7, 11) is 2.00. The average molecular weight is 257 g/mol. The molecule has 100 valence electrons. The van der Waals surface area contributed by atoms with Crippen molar-refractivity contribution < 1.29 is 4.74 Å². The van der Waals surface area contributed by atoms with Crippen LogP contribution >= 0.6 is 0 Å². The minimum Gasteiger partial charge on any atom is -0.378 e. The summed E-state index contributed by atoms with van der Waals surface area (Å²) >= 11 is 0. The van der Waals surface area contributed by atoms with E-state index in [1.807, 2.05) is 11.7 Å². The summed E-state index contributed by atoms with van der Waals surface area (Å²) in [6.07, 6.45) is 0. The van der Waals surface area contributed by atoms with E-state index in [2.05, 4.69) is 47.3 Å². The normalized spacial score (nSPS) is 15.8. The minimum atomic E-state index is 0.797. The van der Waals surface area contributed by atoms with Gasteiger partial charge in [-0.05, 0) is 13.0 Å². The lowest BCUT2D eigenvalue weighted by molar-refractivity contribution is 0.122. The molecule has 1 aliphatic heterocycles. The summed E-state index contributed by atoms with van der Waals surface area (Å²) < 4.78 is 7.36. The summed E-state index contributed by atoms with van der Waals surface area (Å²) in [6.45, 7) is 5.57. The van der Waals surface area contributed by atoms with Gasteiger partial charge in [0.05, 0.1) is 18.9 Å². The zero-order chi connectivity index (χ0) is 13.2. The Morgan fingerprint density at radius 1 is 1.16 bits per heavy atom. The number of ether oxygens (including phenoxy) is 1. The SMILES string of the molecule is Cc1cccc(-c2cc(N3CCOCC3)n(C)n2)c1. The fraction of sp³-hybridized carbons (Fsp3) is 0.400. The van der Waals surface area contributed by atoms with Crippen LogP contribution in [0.1, 0.15) is 5.56 Å². The van der Waals surface area contributed by atoms with E-state index in [9.17, 15) is 0 Å². The van der Waals surface area contributed by atoms with Gasteiger partial charge in [0.25, 0.3) is 0 Å². The second kappa shape index (κ2) is 5.05. The van der Waals surface area contributed by atoms with Crippen molar-refractivity contribution in [2.45, 2.75) is 6.92 Å². The number of nitrogens with zero attached hydrogens (tertiary/aromatic N) is 3. The van der Waals surface area contributed by atoms with Crippen molar-refractivity contribution in [2.24, 2.45) is 7.05 Å². The van der Waals surface area contributed by atoms with Gasteiger partial charge in [-0.1, -0.05) is 23.8 Å². The topological polar surface area (TPSA) is 30.3 Å². The van der Waals surface area contributed by atoms with Crippen LogP contribution in [0.3, 0.4) is 0 Å². The quantitative estimate of drug-likeness (QED) is 0.826. The lowest BCUT2D eigenvalue weighted by atomic mass is 10.1. The summed E-state index contributed by atoms with van der Waals surface area (Å²) in [4.78, 5) is 2.33. The number of rotatable bonds is 2. The molecule has 4 heteroatoms. The molecule has 0 amide bonds. The predicted molar refractivity (Wildman–Crippen MR) is 76.4 cm³/mol. The van der Waals surface area contributed by atoms with Gasteiger partial charge in [-0.2, -0.15) is 5.10 Å². The van der Waals surface area contributed by atoms with Crippen molar-refractivity contribution in [3.05, 3.63) is 35.9 Å². The number of hydrogen-bond acceptors (Lipinski definition) is 3. The van der Waals surface area contributed by atoms with Gasteiger partial charge in [-0.25, -0.2) is 0 Å². The first-order valence-corrected chi connectivity index (χ1v) is 6.68. The molecule has 0 spiro atoms. The molecule has 1 fully saturated rings. The molecule has 4 nitrogen and oxygen atoms in total. The fourth-order valence-electron chi connectivity index (χ4n) is 2.49. The van der Waals surface area contributed by atoms with Gasteiger partial charge in [0.2, 0.25) is 0 Å². The Balaban J connectivity index is 1.92. The first-order valence-electron chi connectivity index (χ1n) is 6.68. The molecule has 2 heterocycles. The molecule has 0 N–H and O–H groups in total. The Morgan fingerprint density at radius 2 is 1.95 bits per heavy atom. The number of morpholine rings is 1. The van der Waals surface area contributed by atoms with E-state index in [-0.39, 0.29) is 0 Å². The van der Waals surface area contributed by atoms with E-state index in [1.165, 1.54) is 16.9 Å². The number of benzene rings is 1. The van der Waals surface area contributed by atoms with Crippen molar-refractivity contribution >= 4 is 5.82 Å². The van der Waals surface area contributed by atoms with E-state index >= 15 is 0 Å². The maximum absolute atomic E-state index is 5.40. The van der Waals surface area contributed by atoms with Crippen molar-refractivity contribution in [3.63, 3.8) is 0 Å². The van der Waals surface area contributed by atoms with Crippen LogP contribution in [0.2, 0.25) is 0 Å². The van der Waals surface area contributed by atoms with E-state index in [4.69, 9.17) is 4.74 Å². The molecule has 0 aliphatic carbocycles. The van der Waals surface area contributed by atoms with E-state index in [0.29, 0.717) is 0 Å². The van der Waals surface area contributed by atoms with E-state index < -0.39 is 0 Å². The Hall–Kier alpha value is -1.81. The van der Waals surface area contributed by atoms with E-state index in [0.717, 1.165) is 32.0 Å². The Kier molecular flexibility index (Phi) is 3.25. The lowest BCUT2D eigenvalue weighted by Crippen LogP contribution is -2.37. The van der Waals surface area contributed by atoms with Crippen LogP contribution in [0.15, 0.2) is 30.3 Å². The van der Waals surface area contributed by atoms with Gasteiger partial charge < -0.3 is 9.64 Å². The number of hydrogen-bond donors (Lipinski definition) is 0. The standard InChI is InChI=1S/C15H19N3O/c1-12-4-3-5-13(10-12)14-11-15(17(2)16-14)18-6-8-19-9-7-18/h3-5,10-11H,6-9H2,1-2H3. The molecule has 19 heavy (non-hydrogen) atoms. The maximum Gasteiger partial charge on any atom is 0.127 e.